The fourth-order valence-corrected chi connectivity index (χ4v) is 2.97. The average molecular weight is 290 g/mol. The van der Waals surface area contributed by atoms with Crippen LogP contribution in [-0.2, 0) is 4.79 Å². The quantitative estimate of drug-likeness (QED) is 0.884. The number of carbonyl (C=O) groups excluding carboxylic acids is 1. The molecule has 3 heterocycles. The van der Waals surface area contributed by atoms with E-state index in [4.69, 9.17) is 5.11 Å². The first-order valence-corrected chi connectivity index (χ1v) is 7.29. The summed E-state index contributed by atoms with van der Waals surface area (Å²) in [5.41, 5.74) is 0.214. The predicted molar refractivity (Wildman–Crippen MR) is 75.2 cm³/mol. The van der Waals surface area contributed by atoms with Gasteiger partial charge in [0.15, 0.2) is 11.5 Å². The molecule has 2 fully saturated rings. The summed E-state index contributed by atoms with van der Waals surface area (Å²) >= 11 is 0. The van der Waals surface area contributed by atoms with Crippen molar-refractivity contribution in [2.24, 2.45) is 0 Å². The molecule has 0 unspecified atom stereocenters. The normalized spacial score (nSPS) is 21.8. The molecule has 1 aromatic heterocycles. The van der Waals surface area contributed by atoms with Crippen molar-refractivity contribution in [3.05, 3.63) is 17.8 Å². The van der Waals surface area contributed by atoms with Gasteiger partial charge in [0.2, 0.25) is 0 Å². The molecular weight excluding hydrogens is 272 g/mol. The fraction of sp³-hybridized carbons (Fsp3) is 0.571. The molecule has 1 aromatic rings. The summed E-state index contributed by atoms with van der Waals surface area (Å²) in [6, 6.07) is 2.69. The van der Waals surface area contributed by atoms with Crippen molar-refractivity contribution in [1.29, 1.82) is 0 Å². The zero-order chi connectivity index (χ0) is 14.8. The van der Waals surface area contributed by atoms with Gasteiger partial charge in [0.1, 0.15) is 6.04 Å². The van der Waals surface area contributed by atoms with Gasteiger partial charge in [0, 0.05) is 19.6 Å². The summed E-state index contributed by atoms with van der Waals surface area (Å²) < 4.78 is 0. The van der Waals surface area contributed by atoms with E-state index in [9.17, 15) is 9.59 Å². The van der Waals surface area contributed by atoms with Gasteiger partial charge in [-0.2, -0.15) is 0 Å². The summed E-state index contributed by atoms with van der Waals surface area (Å²) in [6.45, 7) is 2.40. The van der Waals surface area contributed by atoms with Crippen LogP contribution < -0.4 is 4.90 Å². The number of anilines is 1. The lowest BCUT2D eigenvalue weighted by atomic mass is 10.2. The average Bonchev–Trinajstić information content (AvgIpc) is 3.18. The zero-order valence-corrected chi connectivity index (χ0v) is 11.7. The molecule has 0 spiro atoms. The highest BCUT2D eigenvalue weighted by atomic mass is 16.4. The predicted octanol–water partition coefficient (Wildman–Crippen LogP) is 0.766. The largest absolute Gasteiger partial charge is 0.480 e. The number of hydrogen-bond donors (Lipinski definition) is 1. The van der Waals surface area contributed by atoms with Gasteiger partial charge < -0.3 is 14.9 Å². The van der Waals surface area contributed by atoms with Crippen LogP contribution in [0.3, 0.4) is 0 Å². The molecule has 7 nitrogen and oxygen atoms in total. The molecule has 0 bridgehead atoms. The molecule has 0 radical (unpaired) electrons. The van der Waals surface area contributed by atoms with Crippen molar-refractivity contribution < 1.29 is 14.7 Å². The van der Waals surface area contributed by atoms with Crippen molar-refractivity contribution in [3.8, 4) is 0 Å². The van der Waals surface area contributed by atoms with Crippen molar-refractivity contribution in [1.82, 2.24) is 15.1 Å². The summed E-state index contributed by atoms with van der Waals surface area (Å²) in [5, 5.41) is 17.2. The lowest BCUT2D eigenvalue weighted by Crippen LogP contribution is -2.40. The van der Waals surface area contributed by atoms with Gasteiger partial charge in [-0.1, -0.05) is 0 Å². The minimum Gasteiger partial charge on any atom is -0.480 e. The van der Waals surface area contributed by atoms with Gasteiger partial charge in [-0.15, -0.1) is 10.2 Å². The van der Waals surface area contributed by atoms with Crippen LogP contribution in [0, 0.1) is 0 Å². The molecular formula is C14H18N4O3. The Morgan fingerprint density at radius 2 is 1.86 bits per heavy atom. The van der Waals surface area contributed by atoms with E-state index in [2.05, 4.69) is 15.1 Å². The first-order valence-electron chi connectivity index (χ1n) is 7.29. The molecule has 112 valence electrons. The topological polar surface area (TPSA) is 86.6 Å². The number of carbonyl (C=O) groups is 2. The van der Waals surface area contributed by atoms with Gasteiger partial charge in [-0.3, -0.25) is 4.79 Å². The second-order valence-electron chi connectivity index (χ2n) is 5.47. The Hall–Kier alpha value is -2.18. The minimum atomic E-state index is -0.956. The van der Waals surface area contributed by atoms with Gasteiger partial charge in [-0.25, -0.2) is 4.79 Å². The highest BCUT2D eigenvalue weighted by molar-refractivity contribution is 5.95. The number of aliphatic carboxylic acids is 1. The maximum absolute atomic E-state index is 12.3. The fourth-order valence-electron chi connectivity index (χ4n) is 2.97. The molecule has 7 heteroatoms. The molecule has 1 atom stereocenters. The van der Waals surface area contributed by atoms with E-state index in [0.29, 0.717) is 19.4 Å². The number of carboxylic acids is 1. The molecule has 0 aromatic carbocycles. The number of hydrogen-bond acceptors (Lipinski definition) is 5. The smallest absolute Gasteiger partial charge is 0.326 e. The van der Waals surface area contributed by atoms with Gasteiger partial charge >= 0.3 is 5.97 Å². The summed E-state index contributed by atoms with van der Waals surface area (Å²) in [7, 11) is 0. The van der Waals surface area contributed by atoms with Crippen LogP contribution in [-0.4, -0.2) is 57.8 Å². The van der Waals surface area contributed by atoms with E-state index in [1.807, 2.05) is 0 Å². The summed E-state index contributed by atoms with van der Waals surface area (Å²) in [4.78, 5) is 27.0. The van der Waals surface area contributed by atoms with E-state index >= 15 is 0 Å². The molecule has 2 aliphatic rings. The Kier molecular flexibility index (Phi) is 3.72. The minimum absolute atomic E-state index is 0.214. The SMILES string of the molecule is O=C(O)[C@H]1CCCN1C(=O)c1ccc(N2CCCC2)nn1. The third-order valence-corrected chi connectivity index (χ3v) is 4.10. The van der Waals surface area contributed by atoms with Crippen molar-refractivity contribution in [3.63, 3.8) is 0 Å². The van der Waals surface area contributed by atoms with Crippen LogP contribution in [0.25, 0.3) is 0 Å². The van der Waals surface area contributed by atoms with Crippen LogP contribution in [0.5, 0.6) is 0 Å². The molecule has 2 saturated heterocycles. The Morgan fingerprint density at radius 3 is 2.48 bits per heavy atom. The van der Waals surface area contributed by atoms with E-state index in [-0.39, 0.29) is 11.6 Å². The van der Waals surface area contributed by atoms with Crippen LogP contribution in [0.1, 0.15) is 36.2 Å². The van der Waals surface area contributed by atoms with Crippen LogP contribution in [0.2, 0.25) is 0 Å². The third-order valence-electron chi connectivity index (χ3n) is 4.10. The lowest BCUT2D eigenvalue weighted by Gasteiger charge is -2.21. The molecule has 0 aliphatic carbocycles. The Balaban J connectivity index is 1.74. The molecule has 3 rings (SSSR count). The number of rotatable bonds is 3. The Morgan fingerprint density at radius 1 is 1.10 bits per heavy atom. The highest BCUT2D eigenvalue weighted by Crippen LogP contribution is 2.21. The summed E-state index contributed by atoms with van der Waals surface area (Å²) in [5.74, 6) is -0.525. The Labute approximate surface area is 122 Å². The third kappa shape index (κ3) is 2.68. The van der Waals surface area contributed by atoms with Crippen molar-refractivity contribution >= 4 is 17.7 Å². The maximum atomic E-state index is 12.3. The van der Waals surface area contributed by atoms with E-state index in [1.54, 1.807) is 12.1 Å². The highest BCUT2D eigenvalue weighted by Gasteiger charge is 2.35. The second kappa shape index (κ2) is 5.67. The number of amides is 1. The van der Waals surface area contributed by atoms with Crippen molar-refractivity contribution in [2.75, 3.05) is 24.5 Å². The molecule has 2 aliphatic heterocycles. The monoisotopic (exact) mass is 290 g/mol. The van der Waals surface area contributed by atoms with Crippen LogP contribution >= 0.6 is 0 Å². The Bertz CT molecular complexity index is 540. The van der Waals surface area contributed by atoms with Crippen LogP contribution in [0.15, 0.2) is 12.1 Å². The molecule has 21 heavy (non-hydrogen) atoms. The van der Waals surface area contributed by atoms with Crippen LogP contribution in [0.4, 0.5) is 5.82 Å². The molecule has 0 saturated carbocycles. The van der Waals surface area contributed by atoms with E-state index in [1.165, 1.54) is 4.90 Å². The van der Waals surface area contributed by atoms with Gasteiger partial charge in [-0.05, 0) is 37.8 Å². The first kappa shape index (κ1) is 13.8. The van der Waals surface area contributed by atoms with Gasteiger partial charge in [0.25, 0.3) is 5.91 Å². The van der Waals surface area contributed by atoms with Crippen molar-refractivity contribution in [2.45, 2.75) is 31.7 Å². The standard InChI is InChI=1S/C14H18N4O3/c19-13(18-9-3-4-11(18)14(20)21)10-5-6-12(16-15-10)17-7-1-2-8-17/h5-6,11H,1-4,7-9H2,(H,20,21)/t11-/m1/s1. The zero-order valence-electron chi connectivity index (χ0n) is 11.7. The van der Waals surface area contributed by atoms with E-state index < -0.39 is 12.0 Å². The number of nitrogens with zero attached hydrogens (tertiary/aromatic N) is 4. The van der Waals surface area contributed by atoms with Gasteiger partial charge in [0.05, 0.1) is 0 Å². The number of likely N-dealkylation sites (tertiary alicyclic amines) is 1. The lowest BCUT2D eigenvalue weighted by molar-refractivity contribution is -0.141. The number of carboxylic acid groups (broad SMARTS) is 1. The van der Waals surface area contributed by atoms with E-state index in [0.717, 1.165) is 31.7 Å². The number of aromatic nitrogens is 2. The maximum Gasteiger partial charge on any atom is 0.326 e. The first-order chi connectivity index (χ1) is 10.2. The molecule has 1 amide bonds. The molecule has 1 N–H and O–H groups in total. The summed E-state index contributed by atoms with van der Waals surface area (Å²) in [6.07, 6.45) is 3.51. The second-order valence-corrected chi connectivity index (χ2v) is 5.47.